The van der Waals surface area contributed by atoms with E-state index in [2.05, 4.69) is 15.3 Å². The van der Waals surface area contributed by atoms with Gasteiger partial charge in [0.1, 0.15) is 6.07 Å². The van der Waals surface area contributed by atoms with E-state index in [0.29, 0.717) is 16.7 Å². The van der Waals surface area contributed by atoms with E-state index >= 15 is 0 Å². The van der Waals surface area contributed by atoms with Crippen molar-refractivity contribution in [2.24, 2.45) is 0 Å². The first kappa shape index (κ1) is 22.4. The van der Waals surface area contributed by atoms with Crippen LogP contribution in [0.5, 0.6) is 0 Å². The third-order valence-corrected chi connectivity index (χ3v) is 6.06. The smallest absolute Gasteiger partial charge is 0.337 e. The van der Waals surface area contributed by atoms with Crippen LogP contribution in [0.1, 0.15) is 53.5 Å². The van der Waals surface area contributed by atoms with Crippen molar-refractivity contribution in [3.05, 3.63) is 58.8 Å². The number of anilines is 2. The molecule has 2 heterocycles. The Labute approximate surface area is 189 Å². The summed E-state index contributed by atoms with van der Waals surface area (Å²) < 4.78 is 28.4. The van der Waals surface area contributed by atoms with E-state index in [4.69, 9.17) is 0 Å². The minimum absolute atomic E-state index is 0.000403. The first-order valence-electron chi connectivity index (χ1n) is 10.6. The predicted molar refractivity (Wildman–Crippen MR) is 121 cm³/mol. The monoisotopic (exact) mass is 451 g/mol. The van der Waals surface area contributed by atoms with Gasteiger partial charge in [0.05, 0.1) is 28.7 Å². The van der Waals surface area contributed by atoms with Crippen molar-refractivity contribution in [2.45, 2.75) is 45.2 Å². The number of benzene rings is 2. The molecule has 0 radical (unpaired) electrons. The summed E-state index contributed by atoms with van der Waals surface area (Å²) in [5, 5.41) is 22.4. The molecule has 0 saturated carbocycles. The Kier molecular flexibility index (Phi) is 5.62. The summed E-state index contributed by atoms with van der Waals surface area (Å²) in [6.45, 7) is 5.23. The van der Waals surface area contributed by atoms with Crippen molar-refractivity contribution in [2.75, 3.05) is 16.8 Å². The number of aromatic carboxylic acids is 1. The van der Waals surface area contributed by atoms with Gasteiger partial charge in [0.15, 0.2) is 11.5 Å². The number of nitrogens with one attached hydrogen (secondary N) is 1. The Morgan fingerprint density at radius 3 is 2.70 bits per heavy atom. The summed E-state index contributed by atoms with van der Waals surface area (Å²) >= 11 is 0. The number of aryl methyl sites for hydroxylation is 1. The third-order valence-electron chi connectivity index (χ3n) is 6.06. The normalized spacial score (nSPS) is 18.2. The van der Waals surface area contributed by atoms with E-state index in [1.54, 1.807) is 24.3 Å². The highest BCUT2D eigenvalue weighted by atomic mass is 19.3. The molecule has 33 heavy (non-hydrogen) atoms. The van der Waals surface area contributed by atoms with Gasteiger partial charge < -0.3 is 15.3 Å². The minimum Gasteiger partial charge on any atom is -0.478 e. The van der Waals surface area contributed by atoms with Crippen molar-refractivity contribution in [1.82, 2.24) is 9.97 Å². The number of fused-ring (bicyclic) bond motifs is 1. The molecule has 1 aromatic heterocycles. The molecule has 1 fully saturated rings. The van der Waals surface area contributed by atoms with Gasteiger partial charge in [-0.1, -0.05) is 18.2 Å². The van der Waals surface area contributed by atoms with E-state index < -0.39 is 17.9 Å². The number of para-hydroxylation sites is 1. The maximum absolute atomic E-state index is 14.2. The highest BCUT2D eigenvalue weighted by Crippen LogP contribution is 2.38. The Morgan fingerprint density at radius 1 is 1.33 bits per heavy atom. The zero-order chi connectivity index (χ0) is 23.9. The molecule has 4 rings (SSSR count). The fourth-order valence-corrected chi connectivity index (χ4v) is 4.22. The molecular weight excluding hydrogens is 428 g/mol. The second-order valence-electron chi connectivity index (χ2n) is 8.33. The zero-order valence-electron chi connectivity index (χ0n) is 18.4. The van der Waals surface area contributed by atoms with Crippen LogP contribution in [0.3, 0.4) is 0 Å². The summed E-state index contributed by atoms with van der Waals surface area (Å²) in [4.78, 5) is 22.1. The van der Waals surface area contributed by atoms with Crippen molar-refractivity contribution in [3.63, 3.8) is 0 Å². The fraction of sp³-hybridized carbons (Fsp3) is 0.333. The predicted octanol–water partition coefficient (Wildman–Crippen LogP) is 4.92. The lowest BCUT2D eigenvalue weighted by atomic mass is 10.0. The van der Waals surface area contributed by atoms with Crippen LogP contribution in [-0.4, -0.2) is 39.6 Å². The SMILES string of the molecule is Cc1cc([C@@H](C)Nc2ccccc2C(=O)O)c2nc(N3CCC(F)(F)C3C)c(C#N)nc2c1. The average Bonchev–Trinajstić information content (AvgIpc) is 3.04. The highest BCUT2D eigenvalue weighted by Gasteiger charge is 2.47. The molecule has 1 aliphatic heterocycles. The van der Waals surface area contributed by atoms with E-state index in [1.165, 1.54) is 17.9 Å². The van der Waals surface area contributed by atoms with E-state index in [0.717, 1.165) is 11.1 Å². The number of nitriles is 1. The van der Waals surface area contributed by atoms with Crippen molar-refractivity contribution in [1.29, 1.82) is 5.26 Å². The summed E-state index contributed by atoms with van der Waals surface area (Å²) in [5.41, 5.74) is 3.14. The highest BCUT2D eigenvalue weighted by molar-refractivity contribution is 5.94. The summed E-state index contributed by atoms with van der Waals surface area (Å²) in [6.07, 6.45) is -0.316. The summed E-state index contributed by atoms with van der Waals surface area (Å²) in [5.74, 6) is -3.79. The van der Waals surface area contributed by atoms with Gasteiger partial charge in [0, 0.05) is 24.2 Å². The van der Waals surface area contributed by atoms with Crippen LogP contribution in [0, 0.1) is 18.3 Å². The number of nitrogens with zero attached hydrogens (tertiary/aromatic N) is 4. The zero-order valence-corrected chi connectivity index (χ0v) is 18.4. The molecule has 0 bridgehead atoms. The number of halogens is 2. The molecule has 9 heteroatoms. The Balaban J connectivity index is 1.82. The Bertz CT molecular complexity index is 1290. The van der Waals surface area contributed by atoms with Gasteiger partial charge in [-0.3, -0.25) is 0 Å². The molecule has 0 amide bonds. The molecular formula is C24H23F2N5O2. The van der Waals surface area contributed by atoms with Gasteiger partial charge in [-0.2, -0.15) is 5.26 Å². The minimum atomic E-state index is -2.88. The quantitative estimate of drug-likeness (QED) is 0.568. The third kappa shape index (κ3) is 4.04. The molecule has 1 unspecified atom stereocenters. The van der Waals surface area contributed by atoms with Crippen LogP contribution in [0.15, 0.2) is 36.4 Å². The lowest BCUT2D eigenvalue weighted by Crippen LogP contribution is -2.37. The number of hydrogen-bond acceptors (Lipinski definition) is 6. The van der Waals surface area contributed by atoms with Gasteiger partial charge in [-0.05, 0) is 44.5 Å². The molecule has 0 spiro atoms. The summed E-state index contributed by atoms with van der Waals surface area (Å²) in [6, 6.07) is 10.8. The largest absolute Gasteiger partial charge is 0.478 e. The molecule has 3 aromatic rings. The Morgan fingerprint density at radius 2 is 2.06 bits per heavy atom. The number of hydrogen-bond donors (Lipinski definition) is 2. The number of rotatable bonds is 5. The van der Waals surface area contributed by atoms with Gasteiger partial charge in [0.2, 0.25) is 0 Å². The van der Waals surface area contributed by atoms with E-state index in [-0.39, 0.29) is 36.1 Å². The molecule has 2 aromatic carbocycles. The van der Waals surface area contributed by atoms with Gasteiger partial charge in [-0.25, -0.2) is 23.5 Å². The number of aromatic nitrogens is 2. The fourth-order valence-electron chi connectivity index (χ4n) is 4.22. The Hall–Kier alpha value is -3.80. The maximum atomic E-state index is 14.2. The molecule has 2 N–H and O–H groups in total. The van der Waals surface area contributed by atoms with E-state index in [9.17, 15) is 23.9 Å². The molecule has 1 saturated heterocycles. The van der Waals surface area contributed by atoms with Gasteiger partial charge >= 0.3 is 5.97 Å². The molecule has 7 nitrogen and oxygen atoms in total. The number of carboxylic acids is 1. The molecule has 2 atom stereocenters. The van der Waals surface area contributed by atoms with Crippen molar-refractivity contribution >= 4 is 28.5 Å². The van der Waals surface area contributed by atoms with E-state index in [1.807, 2.05) is 26.0 Å². The summed E-state index contributed by atoms with van der Waals surface area (Å²) in [7, 11) is 0. The van der Waals surface area contributed by atoms with Crippen LogP contribution >= 0.6 is 0 Å². The lowest BCUT2D eigenvalue weighted by molar-refractivity contribution is -0.00187. The van der Waals surface area contributed by atoms with Crippen molar-refractivity contribution < 1.29 is 18.7 Å². The molecule has 0 aliphatic carbocycles. The van der Waals surface area contributed by atoms with Crippen molar-refractivity contribution in [3.8, 4) is 6.07 Å². The first-order chi connectivity index (χ1) is 15.6. The first-order valence-corrected chi connectivity index (χ1v) is 10.6. The average molecular weight is 451 g/mol. The second kappa shape index (κ2) is 8.28. The lowest BCUT2D eigenvalue weighted by Gasteiger charge is -2.26. The topological polar surface area (TPSA) is 102 Å². The van der Waals surface area contributed by atoms with Crippen LogP contribution in [0.25, 0.3) is 11.0 Å². The van der Waals surface area contributed by atoms with Crippen LogP contribution in [0.2, 0.25) is 0 Å². The number of alkyl halides is 2. The number of carboxylic acid groups (broad SMARTS) is 1. The second-order valence-corrected chi connectivity index (χ2v) is 8.33. The van der Waals surface area contributed by atoms with Crippen LogP contribution in [0.4, 0.5) is 20.3 Å². The van der Waals surface area contributed by atoms with Gasteiger partial charge in [-0.15, -0.1) is 0 Å². The van der Waals surface area contributed by atoms with Crippen LogP contribution in [-0.2, 0) is 0 Å². The standard InChI is InChI=1S/C24H23F2N5O2/c1-13-10-17(14(2)28-18-7-5-4-6-16(18)23(32)33)21-19(11-13)29-20(12-27)22(30-21)31-9-8-24(25,26)15(31)3/h4-7,10-11,14-15,28H,8-9H2,1-3H3,(H,32,33)/t14-,15?/m1/s1. The number of carbonyl (C=O) groups is 1. The van der Waals surface area contributed by atoms with Gasteiger partial charge in [0.25, 0.3) is 5.92 Å². The maximum Gasteiger partial charge on any atom is 0.337 e. The molecule has 1 aliphatic rings. The van der Waals surface area contributed by atoms with Crippen LogP contribution < -0.4 is 10.2 Å². The molecule has 170 valence electrons.